The Morgan fingerprint density at radius 2 is 2.42 bits per heavy atom. The van der Waals surface area contributed by atoms with Crippen molar-refractivity contribution in [2.24, 2.45) is 5.92 Å². The molecule has 7 nitrogen and oxygen atoms in total. The van der Waals surface area contributed by atoms with Crippen LogP contribution in [0.2, 0.25) is 0 Å². The summed E-state index contributed by atoms with van der Waals surface area (Å²) in [5, 5.41) is 15.2. The second-order valence-electron chi connectivity index (χ2n) is 4.75. The second-order valence-corrected chi connectivity index (χ2v) is 6.73. The fraction of sp³-hybridized carbons (Fsp3) is 0.727. The van der Waals surface area contributed by atoms with Crippen molar-refractivity contribution < 1.29 is 18.3 Å². The molecule has 1 aromatic heterocycles. The van der Waals surface area contributed by atoms with E-state index in [1.165, 1.54) is 17.5 Å². The highest BCUT2D eigenvalue weighted by Crippen LogP contribution is 2.20. The minimum absolute atomic E-state index is 0.0331. The van der Waals surface area contributed by atoms with E-state index in [2.05, 4.69) is 10.2 Å². The van der Waals surface area contributed by atoms with Gasteiger partial charge in [0.25, 0.3) is 10.0 Å². The lowest BCUT2D eigenvalue weighted by atomic mass is 10.0. The number of nitrogens with zero attached hydrogens (tertiary/aromatic N) is 2. The van der Waals surface area contributed by atoms with Crippen molar-refractivity contribution in [1.29, 1.82) is 0 Å². The zero-order chi connectivity index (χ0) is 13.9. The topological polar surface area (TPSA) is 95.5 Å². The van der Waals surface area contributed by atoms with E-state index in [0.29, 0.717) is 13.2 Å². The van der Waals surface area contributed by atoms with Gasteiger partial charge in [0.2, 0.25) is 0 Å². The number of rotatable bonds is 5. The van der Waals surface area contributed by atoms with Crippen molar-refractivity contribution in [2.45, 2.75) is 24.5 Å². The maximum atomic E-state index is 12.3. The van der Waals surface area contributed by atoms with Crippen LogP contribution in [0.15, 0.2) is 11.2 Å². The molecule has 1 aromatic rings. The zero-order valence-corrected chi connectivity index (χ0v) is 11.7. The Labute approximate surface area is 112 Å². The molecule has 2 heterocycles. The predicted molar refractivity (Wildman–Crippen MR) is 67.9 cm³/mol. The first kappa shape index (κ1) is 14.4. The van der Waals surface area contributed by atoms with Gasteiger partial charge in [-0.2, -0.15) is 9.40 Å². The number of aliphatic hydroxyl groups is 1. The van der Waals surface area contributed by atoms with Crippen LogP contribution in [0.3, 0.4) is 0 Å². The summed E-state index contributed by atoms with van der Waals surface area (Å²) in [6.07, 6.45) is 3.25. The van der Waals surface area contributed by atoms with Crippen LogP contribution in [0.5, 0.6) is 0 Å². The Morgan fingerprint density at radius 1 is 1.63 bits per heavy atom. The van der Waals surface area contributed by atoms with Gasteiger partial charge in [0, 0.05) is 25.8 Å². The first-order valence-electron chi connectivity index (χ1n) is 6.23. The molecule has 1 saturated heterocycles. The average molecular weight is 289 g/mol. The predicted octanol–water partition coefficient (Wildman–Crippen LogP) is -0.0509. The molecular formula is C11H19N3O4S. The van der Waals surface area contributed by atoms with Gasteiger partial charge < -0.3 is 9.84 Å². The molecule has 2 N–H and O–H groups in total. The van der Waals surface area contributed by atoms with Crippen LogP contribution in [0.25, 0.3) is 0 Å². The van der Waals surface area contributed by atoms with Gasteiger partial charge in [-0.05, 0) is 18.8 Å². The van der Waals surface area contributed by atoms with E-state index in [0.717, 1.165) is 19.4 Å². The van der Waals surface area contributed by atoms with Crippen molar-refractivity contribution in [3.05, 3.63) is 11.8 Å². The Morgan fingerprint density at radius 3 is 3.05 bits per heavy atom. The van der Waals surface area contributed by atoms with Crippen LogP contribution in [0.4, 0.5) is 0 Å². The fourth-order valence-electron chi connectivity index (χ4n) is 2.20. The molecule has 0 radical (unpaired) electrons. The lowest BCUT2D eigenvalue weighted by Gasteiger charge is -2.26. The third kappa shape index (κ3) is 3.14. The summed E-state index contributed by atoms with van der Waals surface area (Å²) in [7, 11) is -2.10. The summed E-state index contributed by atoms with van der Waals surface area (Å²) < 4.78 is 31.3. The van der Waals surface area contributed by atoms with Crippen molar-refractivity contribution in [2.75, 3.05) is 26.8 Å². The van der Waals surface area contributed by atoms with E-state index in [1.54, 1.807) is 0 Å². The van der Waals surface area contributed by atoms with Gasteiger partial charge in [0.05, 0.1) is 19.4 Å². The molecule has 1 unspecified atom stereocenters. The number of aliphatic hydroxyl groups excluding tert-OH is 1. The second kappa shape index (κ2) is 6.00. The fourth-order valence-corrected chi connectivity index (χ4v) is 3.54. The average Bonchev–Trinajstić information content (AvgIpc) is 2.88. The largest absolute Gasteiger partial charge is 0.392 e. The van der Waals surface area contributed by atoms with Crippen molar-refractivity contribution >= 4 is 10.0 Å². The molecule has 1 fully saturated rings. The molecule has 0 bridgehead atoms. The van der Waals surface area contributed by atoms with Crippen LogP contribution in [-0.4, -0.2) is 54.8 Å². The number of aromatic amines is 1. The lowest BCUT2D eigenvalue weighted by molar-refractivity contribution is 0.0495. The summed E-state index contributed by atoms with van der Waals surface area (Å²) in [5.74, 6) is 0.217. The summed E-state index contributed by atoms with van der Waals surface area (Å²) >= 11 is 0. The van der Waals surface area contributed by atoms with Crippen LogP contribution < -0.4 is 0 Å². The first-order valence-corrected chi connectivity index (χ1v) is 7.67. The number of nitrogens with one attached hydrogen (secondary N) is 1. The minimum atomic E-state index is -3.64. The van der Waals surface area contributed by atoms with Gasteiger partial charge >= 0.3 is 0 Å². The number of hydrogen-bond donors (Lipinski definition) is 2. The van der Waals surface area contributed by atoms with E-state index < -0.39 is 10.0 Å². The van der Waals surface area contributed by atoms with Crippen LogP contribution in [0.1, 0.15) is 18.4 Å². The van der Waals surface area contributed by atoms with Crippen molar-refractivity contribution in [3.8, 4) is 0 Å². The normalized spacial score (nSPS) is 20.9. The molecule has 0 aliphatic carbocycles. The molecule has 2 rings (SSSR count). The van der Waals surface area contributed by atoms with Crippen LogP contribution in [0, 0.1) is 5.92 Å². The number of ether oxygens (including phenoxy) is 1. The van der Waals surface area contributed by atoms with Gasteiger partial charge in [-0.3, -0.25) is 5.10 Å². The Kier molecular flexibility index (Phi) is 4.56. The summed E-state index contributed by atoms with van der Waals surface area (Å²) in [4.78, 5) is 0. The molecule has 0 saturated carbocycles. The Bertz CT molecular complexity index is 508. The molecule has 1 aliphatic heterocycles. The minimum Gasteiger partial charge on any atom is -0.392 e. The van der Waals surface area contributed by atoms with E-state index in [1.807, 2.05) is 0 Å². The maximum Gasteiger partial charge on any atom is 0.260 e. The van der Waals surface area contributed by atoms with E-state index in [-0.39, 0.29) is 23.1 Å². The van der Waals surface area contributed by atoms with E-state index in [4.69, 9.17) is 9.84 Å². The quantitative estimate of drug-likeness (QED) is 0.792. The highest BCUT2D eigenvalue weighted by Gasteiger charge is 2.28. The van der Waals surface area contributed by atoms with Gasteiger partial charge in [0.15, 0.2) is 5.03 Å². The van der Waals surface area contributed by atoms with Gasteiger partial charge in [-0.15, -0.1) is 0 Å². The number of sulfonamides is 1. The molecule has 0 spiro atoms. The van der Waals surface area contributed by atoms with Crippen LogP contribution in [-0.2, 0) is 21.4 Å². The van der Waals surface area contributed by atoms with E-state index >= 15 is 0 Å². The molecule has 1 aliphatic rings. The summed E-state index contributed by atoms with van der Waals surface area (Å²) in [5.41, 5.74) is 0.284. The van der Waals surface area contributed by atoms with Gasteiger partial charge in [0.1, 0.15) is 0 Å². The first-order chi connectivity index (χ1) is 9.05. The molecule has 19 heavy (non-hydrogen) atoms. The highest BCUT2D eigenvalue weighted by molar-refractivity contribution is 7.89. The number of aromatic nitrogens is 2. The standard InChI is InChI=1S/C11H19N3O4S/c1-14(6-9-3-2-4-18-8-9)19(16,17)11-10(7-15)5-12-13-11/h5,9,15H,2-4,6-8H2,1H3,(H,12,13). The van der Waals surface area contributed by atoms with Crippen LogP contribution >= 0.6 is 0 Å². The molecule has 0 aromatic carbocycles. The smallest absolute Gasteiger partial charge is 0.260 e. The molecule has 1 atom stereocenters. The third-order valence-electron chi connectivity index (χ3n) is 3.29. The molecule has 8 heteroatoms. The van der Waals surface area contributed by atoms with Crippen molar-refractivity contribution in [1.82, 2.24) is 14.5 Å². The molecule has 0 amide bonds. The van der Waals surface area contributed by atoms with Crippen molar-refractivity contribution in [3.63, 3.8) is 0 Å². The number of H-pyrrole nitrogens is 1. The lowest BCUT2D eigenvalue weighted by Crippen LogP contribution is -2.35. The highest BCUT2D eigenvalue weighted by atomic mass is 32.2. The van der Waals surface area contributed by atoms with Gasteiger partial charge in [-0.1, -0.05) is 0 Å². The Balaban J connectivity index is 2.10. The summed E-state index contributed by atoms with van der Waals surface area (Å²) in [6, 6.07) is 0. The monoisotopic (exact) mass is 289 g/mol. The third-order valence-corrected chi connectivity index (χ3v) is 5.13. The Hall–Kier alpha value is -0.960. The number of hydrogen-bond acceptors (Lipinski definition) is 5. The van der Waals surface area contributed by atoms with Gasteiger partial charge in [-0.25, -0.2) is 8.42 Å². The summed E-state index contributed by atoms with van der Waals surface area (Å²) in [6.45, 7) is 1.40. The maximum absolute atomic E-state index is 12.3. The SMILES string of the molecule is CN(CC1CCCOC1)S(=O)(=O)c1[nH]ncc1CO. The van der Waals surface area contributed by atoms with E-state index in [9.17, 15) is 8.42 Å². The molecular weight excluding hydrogens is 270 g/mol. The zero-order valence-electron chi connectivity index (χ0n) is 10.9. The molecule has 108 valence electrons.